The number of anilines is 1. The van der Waals surface area contributed by atoms with E-state index in [1.165, 1.54) is 0 Å². The van der Waals surface area contributed by atoms with Crippen molar-refractivity contribution in [1.29, 1.82) is 0 Å². The normalized spacial score (nSPS) is 12.6. The second-order valence-corrected chi connectivity index (χ2v) is 6.15. The van der Waals surface area contributed by atoms with Gasteiger partial charge >= 0.3 is 0 Å². The number of carbonyl (C=O) groups excluding carboxylic acids is 1. The Morgan fingerprint density at radius 3 is 2.24 bits per heavy atom. The summed E-state index contributed by atoms with van der Waals surface area (Å²) in [5, 5.41) is 3.35. The summed E-state index contributed by atoms with van der Waals surface area (Å²) in [5.41, 5.74) is 6.40. The minimum Gasteiger partial charge on any atom is -0.323 e. The molecule has 3 nitrogen and oxygen atoms in total. The largest absolute Gasteiger partial charge is 0.323 e. The molecule has 1 rings (SSSR count). The van der Waals surface area contributed by atoms with E-state index in [1.54, 1.807) is 12.1 Å². The van der Waals surface area contributed by atoms with Gasteiger partial charge in [0.2, 0.25) is 5.91 Å². The lowest BCUT2D eigenvalue weighted by Gasteiger charge is -2.17. The number of rotatable bonds is 3. The van der Waals surface area contributed by atoms with Crippen LogP contribution in [0.3, 0.4) is 0 Å². The van der Waals surface area contributed by atoms with Crippen LogP contribution in [0.2, 0.25) is 5.02 Å². The maximum Gasteiger partial charge on any atom is 0.241 e. The van der Waals surface area contributed by atoms with Crippen molar-refractivity contribution in [1.82, 2.24) is 0 Å². The van der Waals surface area contributed by atoms with E-state index >= 15 is 0 Å². The Bertz CT molecular complexity index is 414. The summed E-state index contributed by atoms with van der Waals surface area (Å²) in [6, 6.07) is 2.88. The highest BCUT2D eigenvalue weighted by Crippen LogP contribution is 2.34. The lowest BCUT2D eigenvalue weighted by atomic mass is 10.1. The average Bonchev–Trinajstić information content (AvgIpc) is 2.21. The fourth-order valence-electron chi connectivity index (χ4n) is 1.17. The third kappa shape index (κ3) is 3.95. The number of nitrogens with one attached hydrogen (secondary N) is 1. The van der Waals surface area contributed by atoms with Gasteiger partial charge in [0.25, 0.3) is 0 Å². The van der Waals surface area contributed by atoms with Gasteiger partial charge in [-0.3, -0.25) is 4.79 Å². The van der Waals surface area contributed by atoms with Crippen molar-refractivity contribution in [3.63, 3.8) is 0 Å². The number of amides is 1. The first-order chi connectivity index (χ1) is 7.82. The SMILES string of the molecule is CC(C)[C@@H](N)C(=O)Nc1c(Br)cc(Cl)cc1Br. The molecule has 0 heterocycles. The Labute approximate surface area is 122 Å². The van der Waals surface area contributed by atoms with Gasteiger partial charge in [0.1, 0.15) is 0 Å². The molecule has 6 heteroatoms. The fraction of sp³-hybridized carbons (Fsp3) is 0.364. The number of benzene rings is 1. The number of nitrogens with two attached hydrogens (primary N) is 1. The molecule has 1 atom stereocenters. The molecule has 3 N–H and O–H groups in total. The molecule has 0 saturated carbocycles. The van der Waals surface area contributed by atoms with Crippen molar-refractivity contribution in [2.24, 2.45) is 11.7 Å². The van der Waals surface area contributed by atoms with Crippen LogP contribution in [0, 0.1) is 5.92 Å². The molecule has 1 aromatic carbocycles. The predicted octanol–water partition coefficient (Wildman–Crippen LogP) is 3.79. The molecule has 0 spiro atoms. The number of hydrogen-bond acceptors (Lipinski definition) is 2. The molecule has 0 radical (unpaired) electrons. The summed E-state index contributed by atoms with van der Waals surface area (Å²) in [6.07, 6.45) is 0. The fourth-order valence-corrected chi connectivity index (χ4v) is 3.04. The first-order valence-electron chi connectivity index (χ1n) is 5.04. The summed E-state index contributed by atoms with van der Waals surface area (Å²) < 4.78 is 1.42. The topological polar surface area (TPSA) is 55.1 Å². The van der Waals surface area contributed by atoms with E-state index in [-0.39, 0.29) is 11.8 Å². The Balaban J connectivity index is 2.93. The van der Waals surface area contributed by atoms with Gasteiger partial charge in [-0.25, -0.2) is 0 Å². The highest BCUT2D eigenvalue weighted by molar-refractivity contribution is 9.11. The van der Waals surface area contributed by atoms with E-state index in [4.69, 9.17) is 17.3 Å². The van der Waals surface area contributed by atoms with E-state index in [9.17, 15) is 4.79 Å². The smallest absolute Gasteiger partial charge is 0.241 e. The lowest BCUT2D eigenvalue weighted by Crippen LogP contribution is -2.39. The summed E-state index contributed by atoms with van der Waals surface area (Å²) in [5.74, 6) is -0.136. The summed E-state index contributed by atoms with van der Waals surface area (Å²) in [7, 11) is 0. The average molecular weight is 384 g/mol. The first kappa shape index (κ1) is 15.0. The van der Waals surface area contributed by atoms with Crippen LogP contribution in [0.1, 0.15) is 13.8 Å². The Morgan fingerprint density at radius 2 is 1.82 bits per heavy atom. The third-order valence-electron chi connectivity index (χ3n) is 2.28. The van der Waals surface area contributed by atoms with Crippen LogP contribution in [0.15, 0.2) is 21.1 Å². The van der Waals surface area contributed by atoms with Crippen LogP contribution < -0.4 is 11.1 Å². The zero-order valence-electron chi connectivity index (χ0n) is 9.43. The van der Waals surface area contributed by atoms with E-state index in [1.807, 2.05) is 13.8 Å². The van der Waals surface area contributed by atoms with Crippen molar-refractivity contribution >= 4 is 55.1 Å². The standard InChI is InChI=1S/C11H13Br2ClN2O/c1-5(2)9(15)11(17)16-10-7(12)3-6(14)4-8(10)13/h3-5,9H,15H2,1-2H3,(H,16,17)/t9-/m1/s1. The Hall–Kier alpha value is -0.100. The number of hydrogen-bond donors (Lipinski definition) is 2. The molecular weight excluding hydrogens is 371 g/mol. The molecular formula is C11H13Br2ClN2O. The van der Waals surface area contributed by atoms with E-state index in [0.29, 0.717) is 19.7 Å². The minimum absolute atomic E-state index is 0.0832. The molecule has 0 saturated heterocycles. The molecule has 0 bridgehead atoms. The van der Waals surface area contributed by atoms with Gasteiger partial charge in [0.05, 0.1) is 11.7 Å². The van der Waals surface area contributed by atoms with Crippen molar-refractivity contribution in [2.75, 3.05) is 5.32 Å². The van der Waals surface area contributed by atoms with Crippen molar-refractivity contribution in [3.05, 3.63) is 26.1 Å². The second-order valence-electron chi connectivity index (χ2n) is 4.00. The summed E-state index contributed by atoms with van der Waals surface area (Å²) in [6.45, 7) is 3.80. The van der Waals surface area contributed by atoms with Crippen LogP contribution in [0.4, 0.5) is 5.69 Å². The molecule has 0 aliphatic carbocycles. The van der Waals surface area contributed by atoms with E-state index in [2.05, 4.69) is 37.2 Å². The minimum atomic E-state index is -0.538. The first-order valence-corrected chi connectivity index (χ1v) is 7.00. The van der Waals surface area contributed by atoms with Crippen LogP contribution >= 0.6 is 43.5 Å². The molecule has 17 heavy (non-hydrogen) atoms. The van der Waals surface area contributed by atoms with Gasteiger partial charge in [0.15, 0.2) is 0 Å². The third-order valence-corrected chi connectivity index (χ3v) is 3.75. The predicted molar refractivity (Wildman–Crippen MR) is 78.3 cm³/mol. The highest BCUT2D eigenvalue weighted by atomic mass is 79.9. The van der Waals surface area contributed by atoms with Crippen LogP contribution in [-0.2, 0) is 4.79 Å². The second kappa shape index (κ2) is 6.18. The van der Waals surface area contributed by atoms with Gasteiger partial charge in [-0.15, -0.1) is 0 Å². The quantitative estimate of drug-likeness (QED) is 0.833. The number of halogens is 3. The number of carbonyl (C=O) groups is 1. The van der Waals surface area contributed by atoms with E-state index < -0.39 is 6.04 Å². The molecule has 0 aromatic heterocycles. The maximum absolute atomic E-state index is 11.8. The van der Waals surface area contributed by atoms with Crippen molar-refractivity contribution < 1.29 is 4.79 Å². The zero-order chi connectivity index (χ0) is 13.2. The summed E-state index contributed by atoms with van der Waals surface area (Å²) in [4.78, 5) is 11.8. The zero-order valence-corrected chi connectivity index (χ0v) is 13.4. The molecule has 0 fully saturated rings. The Kier molecular flexibility index (Phi) is 5.44. The molecule has 94 valence electrons. The van der Waals surface area contributed by atoms with Crippen molar-refractivity contribution in [3.8, 4) is 0 Å². The molecule has 0 unspecified atom stereocenters. The lowest BCUT2D eigenvalue weighted by molar-refractivity contribution is -0.118. The monoisotopic (exact) mass is 382 g/mol. The highest BCUT2D eigenvalue weighted by Gasteiger charge is 2.19. The van der Waals surface area contributed by atoms with Gasteiger partial charge in [-0.2, -0.15) is 0 Å². The molecule has 0 aliphatic heterocycles. The molecule has 1 amide bonds. The Morgan fingerprint density at radius 1 is 1.35 bits per heavy atom. The van der Waals surface area contributed by atoms with Gasteiger partial charge < -0.3 is 11.1 Å². The maximum atomic E-state index is 11.8. The van der Waals surface area contributed by atoms with Crippen LogP contribution in [0.25, 0.3) is 0 Å². The molecule has 0 aliphatic rings. The van der Waals surface area contributed by atoms with Crippen LogP contribution in [0.5, 0.6) is 0 Å². The van der Waals surface area contributed by atoms with Crippen LogP contribution in [-0.4, -0.2) is 11.9 Å². The van der Waals surface area contributed by atoms with Crippen molar-refractivity contribution in [2.45, 2.75) is 19.9 Å². The van der Waals surface area contributed by atoms with Gasteiger partial charge in [0, 0.05) is 14.0 Å². The van der Waals surface area contributed by atoms with Gasteiger partial charge in [-0.1, -0.05) is 25.4 Å². The van der Waals surface area contributed by atoms with E-state index in [0.717, 1.165) is 0 Å². The summed E-state index contributed by atoms with van der Waals surface area (Å²) >= 11 is 12.6. The molecule has 1 aromatic rings. The van der Waals surface area contributed by atoms with Gasteiger partial charge in [-0.05, 0) is 49.9 Å².